The van der Waals surface area contributed by atoms with Crippen molar-refractivity contribution in [3.05, 3.63) is 43.0 Å². The summed E-state index contributed by atoms with van der Waals surface area (Å²) in [6, 6.07) is 5.82. The minimum absolute atomic E-state index is 0.0467. The number of amides is 1. The number of nitrogens with one attached hydrogen (secondary N) is 1. The average molecular weight is 421 g/mol. The Morgan fingerprint density at radius 2 is 2.06 bits per heavy atom. The molecule has 0 bridgehead atoms. The second-order valence-electron chi connectivity index (χ2n) is 8.76. The summed E-state index contributed by atoms with van der Waals surface area (Å²) in [7, 11) is 0. The van der Waals surface area contributed by atoms with Crippen molar-refractivity contribution in [2.24, 2.45) is 5.92 Å². The molecule has 1 aromatic carbocycles. The number of carbonyl (C=O) groups excluding carboxylic acids is 1. The second kappa shape index (κ2) is 9.03. The number of carbonyl (C=O) groups is 1. The number of fused-ring (bicyclic) bond motifs is 1. The normalized spacial score (nSPS) is 18.0. The van der Waals surface area contributed by atoms with Crippen LogP contribution in [0.5, 0.6) is 0 Å². The summed E-state index contributed by atoms with van der Waals surface area (Å²) >= 11 is 0. The number of hydrogen-bond donors (Lipinski definition) is 2. The Bertz CT molecular complexity index is 1050. The second-order valence-corrected chi connectivity index (χ2v) is 8.76. The summed E-state index contributed by atoms with van der Waals surface area (Å²) in [5, 5.41) is 13.9. The van der Waals surface area contributed by atoms with Crippen LogP contribution in [-0.4, -0.2) is 61.1 Å². The van der Waals surface area contributed by atoms with Crippen molar-refractivity contribution < 1.29 is 9.90 Å². The number of aliphatic hydroxyl groups is 1. The molecule has 2 N–H and O–H groups in total. The molecule has 0 aliphatic carbocycles. The van der Waals surface area contributed by atoms with Crippen LogP contribution >= 0.6 is 0 Å². The van der Waals surface area contributed by atoms with Crippen molar-refractivity contribution in [1.82, 2.24) is 24.8 Å². The molecule has 1 atom stereocenters. The quantitative estimate of drug-likeness (QED) is 0.654. The van der Waals surface area contributed by atoms with Crippen LogP contribution in [0.25, 0.3) is 22.2 Å². The van der Waals surface area contributed by atoms with E-state index in [-0.39, 0.29) is 11.8 Å². The average Bonchev–Trinajstić information content (AvgIpc) is 2.98. The number of hydrogen-bond acceptors (Lipinski definition) is 7. The van der Waals surface area contributed by atoms with Gasteiger partial charge in [0.2, 0.25) is 11.9 Å². The zero-order chi connectivity index (χ0) is 21.8. The lowest BCUT2D eigenvalue weighted by Crippen LogP contribution is -2.39. The molecule has 0 saturated carbocycles. The molecule has 31 heavy (non-hydrogen) atoms. The van der Waals surface area contributed by atoms with Crippen LogP contribution in [-0.2, 0) is 4.79 Å². The maximum absolute atomic E-state index is 12.9. The first-order valence-electron chi connectivity index (χ1n) is 10.7. The largest absolute Gasteiger partial charge is 0.389 e. The Hall–Kier alpha value is -2.97. The Kier molecular flexibility index (Phi) is 6.20. The molecule has 1 saturated heterocycles. The van der Waals surface area contributed by atoms with Gasteiger partial charge in [0, 0.05) is 42.0 Å². The van der Waals surface area contributed by atoms with Gasteiger partial charge in [0.15, 0.2) is 0 Å². The molecule has 4 rings (SSSR count). The van der Waals surface area contributed by atoms with Gasteiger partial charge in [0.1, 0.15) is 0 Å². The van der Waals surface area contributed by atoms with Crippen molar-refractivity contribution in [2.75, 3.05) is 25.0 Å². The first-order chi connectivity index (χ1) is 14.9. The van der Waals surface area contributed by atoms with E-state index in [0.717, 1.165) is 54.5 Å². The van der Waals surface area contributed by atoms with E-state index in [1.165, 1.54) is 0 Å². The van der Waals surface area contributed by atoms with E-state index >= 15 is 0 Å². The van der Waals surface area contributed by atoms with E-state index in [4.69, 9.17) is 0 Å². The zero-order valence-corrected chi connectivity index (χ0v) is 18.0. The van der Waals surface area contributed by atoms with Crippen molar-refractivity contribution in [3.63, 3.8) is 0 Å². The highest BCUT2D eigenvalue weighted by Crippen LogP contribution is 2.23. The predicted octanol–water partition coefficient (Wildman–Crippen LogP) is 2.90. The first-order valence-corrected chi connectivity index (χ1v) is 10.7. The van der Waals surface area contributed by atoms with Gasteiger partial charge >= 0.3 is 0 Å². The van der Waals surface area contributed by atoms with Crippen molar-refractivity contribution in [1.29, 1.82) is 0 Å². The number of rotatable bonds is 5. The molecule has 1 amide bonds. The van der Waals surface area contributed by atoms with Gasteiger partial charge in [-0.05, 0) is 52.3 Å². The van der Waals surface area contributed by atoms with Crippen molar-refractivity contribution in [2.45, 2.75) is 38.7 Å². The number of anilines is 1. The minimum atomic E-state index is -0.731. The molecule has 1 fully saturated rings. The van der Waals surface area contributed by atoms with E-state index in [1.54, 1.807) is 24.8 Å². The molecule has 1 aliphatic rings. The van der Waals surface area contributed by atoms with E-state index in [2.05, 4.69) is 30.2 Å². The molecular weight excluding hydrogens is 392 g/mol. The molecule has 0 radical (unpaired) electrons. The Morgan fingerprint density at radius 3 is 2.84 bits per heavy atom. The molecule has 3 aromatic rings. The monoisotopic (exact) mass is 420 g/mol. The van der Waals surface area contributed by atoms with Crippen LogP contribution in [0.4, 0.5) is 5.95 Å². The number of likely N-dealkylation sites (tertiary alicyclic amines) is 1. The lowest BCUT2D eigenvalue weighted by atomic mass is 10.00. The van der Waals surface area contributed by atoms with Crippen LogP contribution in [0.3, 0.4) is 0 Å². The van der Waals surface area contributed by atoms with E-state index in [0.29, 0.717) is 12.5 Å². The fraction of sp³-hybridized carbons (Fsp3) is 0.435. The van der Waals surface area contributed by atoms with Gasteiger partial charge < -0.3 is 10.0 Å². The van der Waals surface area contributed by atoms with E-state index < -0.39 is 5.60 Å². The van der Waals surface area contributed by atoms with Crippen LogP contribution < -0.4 is 5.32 Å². The van der Waals surface area contributed by atoms with Crippen LogP contribution in [0.2, 0.25) is 0 Å². The highest BCUT2D eigenvalue weighted by atomic mass is 16.3. The van der Waals surface area contributed by atoms with Gasteiger partial charge in [-0.25, -0.2) is 9.97 Å². The molecule has 8 nitrogen and oxygen atoms in total. The molecule has 162 valence electrons. The summed E-state index contributed by atoms with van der Waals surface area (Å²) < 4.78 is 0. The third-order valence-corrected chi connectivity index (χ3v) is 5.48. The fourth-order valence-electron chi connectivity index (χ4n) is 4.03. The third kappa shape index (κ3) is 5.59. The van der Waals surface area contributed by atoms with Gasteiger partial charge in [0.25, 0.3) is 0 Å². The maximum atomic E-state index is 12.9. The van der Waals surface area contributed by atoms with Gasteiger partial charge in [-0.3, -0.25) is 20.1 Å². The Balaban J connectivity index is 1.44. The van der Waals surface area contributed by atoms with Crippen LogP contribution in [0, 0.1) is 5.92 Å². The molecule has 2 aromatic heterocycles. The lowest BCUT2D eigenvalue weighted by molar-refractivity contribution is -0.120. The van der Waals surface area contributed by atoms with Crippen LogP contribution in [0.15, 0.2) is 43.0 Å². The smallest absolute Gasteiger partial charge is 0.229 e. The topological polar surface area (TPSA) is 104 Å². The van der Waals surface area contributed by atoms with Gasteiger partial charge in [-0.2, -0.15) is 0 Å². The third-order valence-electron chi connectivity index (χ3n) is 5.48. The summed E-state index contributed by atoms with van der Waals surface area (Å²) in [4.78, 5) is 32.4. The standard InChI is InChI=1S/C23H28N6O2/c1-23(2,31)15-29-10-3-4-16(7-11-29)21(30)28-22-26-13-18-6-5-17(12-19(18)27-22)20-14-24-8-9-25-20/h5-6,8-9,12-14,16,31H,3-4,7,10-11,15H2,1-2H3,(H,26,27,28,30). The number of benzene rings is 1. The highest BCUT2D eigenvalue weighted by Gasteiger charge is 2.26. The predicted molar refractivity (Wildman–Crippen MR) is 119 cm³/mol. The van der Waals surface area contributed by atoms with Crippen molar-refractivity contribution in [3.8, 4) is 11.3 Å². The van der Waals surface area contributed by atoms with E-state index in [9.17, 15) is 9.90 Å². The number of nitrogens with zero attached hydrogens (tertiary/aromatic N) is 5. The van der Waals surface area contributed by atoms with Gasteiger partial charge in [0.05, 0.1) is 23.0 Å². The Morgan fingerprint density at radius 1 is 1.19 bits per heavy atom. The van der Waals surface area contributed by atoms with Gasteiger partial charge in [-0.1, -0.05) is 12.1 Å². The lowest BCUT2D eigenvalue weighted by Gasteiger charge is -2.27. The molecule has 8 heteroatoms. The number of β-amino-alcohol motifs (C(OH)–C–C–N with tert-alkyl or cyclic N) is 1. The molecule has 0 spiro atoms. The Labute approximate surface area is 181 Å². The molecule has 1 unspecified atom stereocenters. The summed E-state index contributed by atoms with van der Waals surface area (Å²) in [6.07, 6.45) is 9.21. The molecule has 3 heterocycles. The fourth-order valence-corrected chi connectivity index (χ4v) is 4.03. The first kappa shape index (κ1) is 21.3. The number of aromatic nitrogens is 4. The molecule has 1 aliphatic heterocycles. The summed E-state index contributed by atoms with van der Waals surface area (Å²) in [5.41, 5.74) is 1.69. The SMILES string of the molecule is CC(C)(O)CN1CCCC(C(=O)Nc2ncc3ccc(-c4cnccn4)cc3n2)CC1. The molecular formula is C23H28N6O2. The van der Waals surface area contributed by atoms with E-state index in [1.807, 2.05) is 32.0 Å². The summed E-state index contributed by atoms with van der Waals surface area (Å²) in [5.74, 6) is 0.179. The van der Waals surface area contributed by atoms with Crippen LogP contribution in [0.1, 0.15) is 33.1 Å². The van der Waals surface area contributed by atoms with Crippen molar-refractivity contribution >= 4 is 22.8 Å². The zero-order valence-electron chi connectivity index (χ0n) is 18.0. The minimum Gasteiger partial charge on any atom is -0.389 e. The highest BCUT2D eigenvalue weighted by molar-refractivity contribution is 5.92. The summed E-state index contributed by atoms with van der Waals surface area (Å²) in [6.45, 7) is 5.93. The van der Waals surface area contributed by atoms with Gasteiger partial charge in [-0.15, -0.1) is 0 Å². The maximum Gasteiger partial charge on any atom is 0.229 e.